The van der Waals surface area contributed by atoms with Gasteiger partial charge < -0.3 is 5.11 Å². The number of carbonyl (C=O) groups is 1. The Kier molecular flexibility index (Phi) is 3.59. The van der Waals surface area contributed by atoms with E-state index in [1.165, 1.54) is 0 Å². The molecular weight excluding hydrogens is 246 g/mol. The van der Waals surface area contributed by atoms with Crippen molar-refractivity contribution in [2.75, 3.05) is 0 Å². The van der Waals surface area contributed by atoms with Gasteiger partial charge in [-0.15, -0.1) is 5.10 Å². The molecule has 2 rings (SSSR count). The van der Waals surface area contributed by atoms with E-state index >= 15 is 0 Å². The number of fused-ring (bicyclic) bond motifs is 1. The van der Waals surface area contributed by atoms with Gasteiger partial charge in [0.1, 0.15) is 5.52 Å². The molecule has 0 aliphatic rings. The number of rotatable bonds is 4. The first-order valence-corrected chi connectivity index (χ1v) is 6.13. The highest BCUT2D eigenvalue weighted by Gasteiger charge is 2.28. The van der Waals surface area contributed by atoms with Crippen molar-refractivity contribution < 1.29 is 9.90 Å². The minimum atomic E-state index is -1.07. The Balaban J connectivity index is 2.64. The molecule has 0 saturated carbocycles. The molecule has 6 heteroatoms. The van der Waals surface area contributed by atoms with E-state index in [-0.39, 0.29) is 5.92 Å². The lowest BCUT2D eigenvalue weighted by Gasteiger charge is -2.19. The predicted molar refractivity (Wildman–Crippen MR) is 69.9 cm³/mol. The zero-order valence-electron chi connectivity index (χ0n) is 10.8. The van der Waals surface area contributed by atoms with Gasteiger partial charge in [0, 0.05) is 0 Å². The van der Waals surface area contributed by atoms with E-state index in [9.17, 15) is 14.7 Å². The van der Waals surface area contributed by atoms with Crippen molar-refractivity contribution in [2.45, 2.75) is 26.3 Å². The van der Waals surface area contributed by atoms with Crippen LogP contribution in [-0.2, 0) is 4.79 Å². The maximum absolute atomic E-state index is 12.3. The third-order valence-electron chi connectivity index (χ3n) is 3.29. The number of carboxylic acids is 1. The molecule has 0 saturated heterocycles. The first kappa shape index (κ1) is 13.2. The molecule has 1 aromatic carbocycles. The van der Waals surface area contributed by atoms with Gasteiger partial charge in [0.15, 0.2) is 6.04 Å². The second-order valence-corrected chi connectivity index (χ2v) is 4.52. The molecule has 2 aromatic rings. The normalized spacial score (nSPS) is 14.2. The quantitative estimate of drug-likeness (QED) is 0.900. The fraction of sp³-hybridized carbons (Fsp3) is 0.385. The maximum Gasteiger partial charge on any atom is 0.328 e. The summed E-state index contributed by atoms with van der Waals surface area (Å²) in [5.41, 5.74) is 0.0512. The van der Waals surface area contributed by atoms with Crippen LogP contribution in [0.3, 0.4) is 0 Å². The Hall–Kier alpha value is -2.24. The molecule has 19 heavy (non-hydrogen) atoms. The highest BCUT2D eigenvalue weighted by molar-refractivity contribution is 5.77. The fourth-order valence-electron chi connectivity index (χ4n) is 2.00. The Labute approximate surface area is 109 Å². The maximum atomic E-state index is 12.3. The van der Waals surface area contributed by atoms with Crippen LogP contribution in [0.2, 0.25) is 0 Å². The molecule has 0 amide bonds. The molecule has 0 aliphatic heterocycles. The molecule has 0 spiro atoms. The lowest BCUT2D eigenvalue weighted by Crippen LogP contribution is -2.36. The molecule has 0 bridgehead atoms. The molecule has 6 nitrogen and oxygen atoms in total. The first-order chi connectivity index (χ1) is 9.06. The summed E-state index contributed by atoms with van der Waals surface area (Å²) >= 11 is 0. The number of hydrogen-bond acceptors (Lipinski definition) is 4. The molecule has 100 valence electrons. The minimum Gasteiger partial charge on any atom is -0.480 e. The smallest absolute Gasteiger partial charge is 0.328 e. The Morgan fingerprint density at radius 1 is 1.42 bits per heavy atom. The summed E-state index contributed by atoms with van der Waals surface area (Å²) in [7, 11) is 0. The van der Waals surface area contributed by atoms with Crippen LogP contribution in [0.4, 0.5) is 0 Å². The third kappa shape index (κ3) is 2.33. The van der Waals surface area contributed by atoms with Crippen molar-refractivity contribution in [3.8, 4) is 0 Å². The average Bonchev–Trinajstić information content (AvgIpc) is 2.41. The highest BCUT2D eigenvalue weighted by atomic mass is 16.4. The number of nitrogens with zero attached hydrogens (tertiary/aromatic N) is 3. The van der Waals surface area contributed by atoms with Crippen LogP contribution in [0.5, 0.6) is 0 Å². The number of hydrogen-bond donors (Lipinski definition) is 1. The van der Waals surface area contributed by atoms with Crippen LogP contribution in [-0.4, -0.2) is 26.1 Å². The zero-order valence-corrected chi connectivity index (χ0v) is 10.8. The number of carboxylic acid groups (broad SMARTS) is 1. The Morgan fingerprint density at radius 2 is 2.11 bits per heavy atom. The van der Waals surface area contributed by atoms with E-state index in [0.717, 1.165) is 4.68 Å². The van der Waals surface area contributed by atoms with Crippen molar-refractivity contribution in [1.82, 2.24) is 15.0 Å². The number of benzene rings is 1. The van der Waals surface area contributed by atoms with Crippen molar-refractivity contribution in [3.63, 3.8) is 0 Å². The second kappa shape index (κ2) is 5.17. The number of aliphatic carboxylic acids is 1. The first-order valence-electron chi connectivity index (χ1n) is 6.13. The van der Waals surface area contributed by atoms with Crippen LogP contribution in [0.1, 0.15) is 26.3 Å². The summed E-state index contributed by atoms with van der Waals surface area (Å²) in [6, 6.07) is 5.78. The van der Waals surface area contributed by atoms with E-state index in [1.807, 2.05) is 6.92 Å². The largest absolute Gasteiger partial charge is 0.480 e. The van der Waals surface area contributed by atoms with Gasteiger partial charge in [-0.3, -0.25) is 4.79 Å². The molecule has 0 radical (unpaired) electrons. The molecule has 0 fully saturated rings. The summed E-state index contributed by atoms with van der Waals surface area (Å²) in [5, 5.41) is 17.4. The van der Waals surface area contributed by atoms with E-state index in [0.29, 0.717) is 17.3 Å². The molecule has 1 aromatic heterocycles. The van der Waals surface area contributed by atoms with E-state index in [4.69, 9.17) is 0 Å². The summed E-state index contributed by atoms with van der Waals surface area (Å²) in [6.07, 6.45) is 0.637. The molecule has 0 aliphatic carbocycles. The Morgan fingerprint density at radius 3 is 2.74 bits per heavy atom. The molecule has 2 unspecified atom stereocenters. The molecule has 1 heterocycles. The van der Waals surface area contributed by atoms with E-state index in [2.05, 4.69) is 10.3 Å². The zero-order chi connectivity index (χ0) is 14.0. The summed E-state index contributed by atoms with van der Waals surface area (Å²) < 4.78 is 0.971. The summed E-state index contributed by atoms with van der Waals surface area (Å²) in [6.45, 7) is 3.65. The standard InChI is InChI=1S/C13H15N3O3/c1-3-8(2)11(13(18)19)16-12(17)9-6-4-5-7-10(9)14-15-16/h4-8,11H,3H2,1-2H3,(H,18,19). The van der Waals surface area contributed by atoms with Gasteiger partial charge >= 0.3 is 5.97 Å². The second-order valence-electron chi connectivity index (χ2n) is 4.52. The van der Waals surface area contributed by atoms with E-state index in [1.54, 1.807) is 31.2 Å². The van der Waals surface area contributed by atoms with Gasteiger partial charge in [0.2, 0.25) is 0 Å². The number of aromatic nitrogens is 3. The topological polar surface area (TPSA) is 85.1 Å². The molecule has 1 N–H and O–H groups in total. The SMILES string of the molecule is CCC(C)C(C(=O)O)n1nnc2ccccc2c1=O. The van der Waals surface area contributed by atoms with Crippen molar-refractivity contribution in [3.05, 3.63) is 34.6 Å². The summed E-state index contributed by atoms with van der Waals surface area (Å²) in [4.78, 5) is 23.7. The minimum absolute atomic E-state index is 0.203. The van der Waals surface area contributed by atoms with Crippen molar-refractivity contribution >= 4 is 16.9 Å². The average molecular weight is 261 g/mol. The molecular formula is C13H15N3O3. The van der Waals surface area contributed by atoms with Gasteiger partial charge in [-0.1, -0.05) is 37.6 Å². The Bertz CT molecular complexity index is 665. The molecule has 2 atom stereocenters. The van der Waals surface area contributed by atoms with Gasteiger partial charge in [-0.2, -0.15) is 4.68 Å². The lowest BCUT2D eigenvalue weighted by atomic mass is 9.99. The monoisotopic (exact) mass is 261 g/mol. The van der Waals surface area contributed by atoms with Gasteiger partial charge in [-0.05, 0) is 18.1 Å². The van der Waals surface area contributed by atoms with Gasteiger partial charge in [0.25, 0.3) is 5.56 Å². The fourth-order valence-corrected chi connectivity index (χ4v) is 2.00. The van der Waals surface area contributed by atoms with Crippen LogP contribution in [0.15, 0.2) is 29.1 Å². The van der Waals surface area contributed by atoms with Crippen LogP contribution in [0.25, 0.3) is 10.9 Å². The van der Waals surface area contributed by atoms with Crippen molar-refractivity contribution in [2.24, 2.45) is 5.92 Å². The van der Waals surface area contributed by atoms with E-state index < -0.39 is 17.6 Å². The van der Waals surface area contributed by atoms with Gasteiger partial charge in [0.05, 0.1) is 5.39 Å². The van der Waals surface area contributed by atoms with Crippen LogP contribution >= 0.6 is 0 Å². The van der Waals surface area contributed by atoms with Crippen LogP contribution < -0.4 is 5.56 Å². The summed E-state index contributed by atoms with van der Waals surface area (Å²) in [5.74, 6) is -1.27. The van der Waals surface area contributed by atoms with Crippen molar-refractivity contribution in [1.29, 1.82) is 0 Å². The lowest BCUT2D eigenvalue weighted by molar-refractivity contribution is -0.143. The predicted octanol–water partition coefficient (Wildman–Crippen LogP) is 1.46. The highest BCUT2D eigenvalue weighted by Crippen LogP contribution is 2.19. The van der Waals surface area contributed by atoms with Gasteiger partial charge in [-0.25, -0.2) is 4.79 Å². The van der Waals surface area contributed by atoms with Crippen LogP contribution in [0, 0.1) is 5.92 Å². The third-order valence-corrected chi connectivity index (χ3v) is 3.29.